The number of carbonyl (C=O) groups is 2. The van der Waals surface area contributed by atoms with E-state index in [9.17, 15) is 9.59 Å². The predicted octanol–water partition coefficient (Wildman–Crippen LogP) is 3.76. The quantitative estimate of drug-likeness (QED) is 0.317. The molecule has 0 N–H and O–H groups in total. The zero-order chi connectivity index (χ0) is 16.1. The highest BCUT2D eigenvalue weighted by Gasteiger charge is 2.07. The van der Waals surface area contributed by atoms with Gasteiger partial charge in [0.1, 0.15) is 13.2 Å². The summed E-state index contributed by atoms with van der Waals surface area (Å²) in [5.41, 5.74) is 0.871. The minimum atomic E-state index is -0.338. The van der Waals surface area contributed by atoms with Crippen LogP contribution in [0.5, 0.6) is 0 Å². The lowest BCUT2D eigenvalue weighted by Crippen LogP contribution is -2.14. The van der Waals surface area contributed by atoms with E-state index < -0.39 is 0 Å². The van der Waals surface area contributed by atoms with Crippen LogP contribution < -0.4 is 0 Å². The van der Waals surface area contributed by atoms with Crippen LogP contribution >= 0.6 is 47.8 Å². The lowest BCUT2D eigenvalue weighted by atomic mass is 10.4. The molecule has 0 aliphatic heterocycles. The molecule has 20 heavy (non-hydrogen) atoms. The van der Waals surface area contributed by atoms with Crippen molar-refractivity contribution in [3.8, 4) is 0 Å². The molecule has 116 valence electrons. The molecule has 0 aromatic rings. The third-order valence-corrected chi connectivity index (χ3v) is 4.13. The summed E-state index contributed by atoms with van der Waals surface area (Å²) in [6.45, 7) is 10.9. The Bertz CT molecular complexity index is 343. The van der Waals surface area contributed by atoms with Crippen LogP contribution in [0.25, 0.3) is 0 Å². The van der Waals surface area contributed by atoms with Crippen LogP contribution in [-0.4, -0.2) is 40.6 Å². The maximum absolute atomic E-state index is 10.8. The highest BCUT2D eigenvalue weighted by atomic mass is 79.9. The van der Waals surface area contributed by atoms with Crippen LogP contribution in [0.2, 0.25) is 0 Å². The minimum Gasteiger partial charge on any atom is -0.461 e. The van der Waals surface area contributed by atoms with Gasteiger partial charge in [0.05, 0.1) is 4.83 Å². The van der Waals surface area contributed by atoms with Gasteiger partial charge in [0, 0.05) is 21.8 Å². The van der Waals surface area contributed by atoms with Gasteiger partial charge in [-0.1, -0.05) is 60.9 Å². The van der Waals surface area contributed by atoms with Gasteiger partial charge in [0.25, 0.3) is 0 Å². The minimum absolute atomic E-state index is 0.172. The van der Waals surface area contributed by atoms with Crippen molar-refractivity contribution < 1.29 is 19.1 Å². The zero-order valence-electron chi connectivity index (χ0n) is 11.6. The Kier molecular flexibility index (Phi) is 15.3. The topological polar surface area (TPSA) is 52.6 Å². The summed E-state index contributed by atoms with van der Waals surface area (Å²) in [4.78, 5) is 21.5. The van der Waals surface area contributed by atoms with Crippen LogP contribution in [0.15, 0.2) is 24.3 Å². The van der Waals surface area contributed by atoms with Gasteiger partial charge in [-0.15, -0.1) is 0 Å². The second-order valence-corrected chi connectivity index (χ2v) is 6.47. The third kappa shape index (κ3) is 14.3. The van der Waals surface area contributed by atoms with Crippen molar-refractivity contribution in [1.82, 2.24) is 0 Å². The molecule has 1 unspecified atom stereocenters. The molecule has 0 heterocycles. The molecule has 0 aliphatic rings. The normalized spacial score (nSPS) is 10.7. The summed E-state index contributed by atoms with van der Waals surface area (Å²) in [5, 5.41) is 1.43. The number of halogens is 3. The number of carbonyl (C=O) groups excluding carboxylic acids is 2. The largest absolute Gasteiger partial charge is 0.461 e. The lowest BCUT2D eigenvalue weighted by Gasteiger charge is -2.06. The average Bonchev–Trinajstić information content (AvgIpc) is 2.41. The fourth-order valence-electron chi connectivity index (χ4n) is 0.588. The lowest BCUT2D eigenvalue weighted by molar-refractivity contribution is -0.139. The van der Waals surface area contributed by atoms with E-state index in [1.54, 1.807) is 13.8 Å². The Morgan fingerprint density at radius 3 is 1.85 bits per heavy atom. The molecule has 0 saturated heterocycles. The second-order valence-electron chi connectivity index (χ2n) is 3.74. The molecular formula is C13H19Br3O4. The molecule has 4 nitrogen and oxygen atoms in total. The molecule has 0 aliphatic carbocycles. The molecule has 0 bridgehead atoms. The smallest absolute Gasteiger partial charge is 0.333 e. The molecule has 0 rings (SSSR count). The van der Waals surface area contributed by atoms with Crippen LogP contribution in [0.4, 0.5) is 0 Å². The van der Waals surface area contributed by atoms with Crippen molar-refractivity contribution in [2.24, 2.45) is 0 Å². The van der Waals surface area contributed by atoms with Gasteiger partial charge in [0.2, 0.25) is 0 Å². The zero-order valence-corrected chi connectivity index (χ0v) is 16.3. The summed E-state index contributed by atoms with van der Waals surface area (Å²) in [5.74, 6) is -0.662. The molecule has 0 radical (unpaired) electrons. The molecule has 0 aromatic heterocycles. The predicted molar refractivity (Wildman–Crippen MR) is 91.8 cm³/mol. The standard InChI is InChI=1S/C7H10Br2O2.C6H9BrO2/c1-5(2)7(10)11-4-6(9)3-8;1-5(2)6(8)9-4-3-7/h6H,1,3-4H2,2H3;1,3-4H2,2H3. The first-order valence-corrected chi connectivity index (χ1v) is 8.83. The van der Waals surface area contributed by atoms with Gasteiger partial charge in [-0.3, -0.25) is 0 Å². The first-order chi connectivity index (χ1) is 9.26. The van der Waals surface area contributed by atoms with Crippen LogP contribution in [0.3, 0.4) is 0 Å². The van der Waals surface area contributed by atoms with E-state index in [1.165, 1.54) is 0 Å². The average molecular weight is 479 g/mol. The molecule has 0 fully saturated rings. The number of hydrogen-bond donors (Lipinski definition) is 0. The SMILES string of the molecule is C=C(C)C(=O)OCC(Br)CBr.C=C(C)C(=O)OCCBr. The fraction of sp³-hybridized carbons (Fsp3) is 0.538. The summed E-state index contributed by atoms with van der Waals surface area (Å²) >= 11 is 9.66. The van der Waals surface area contributed by atoms with Crippen LogP contribution in [0.1, 0.15) is 13.8 Å². The van der Waals surface area contributed by atoms with E-state index in [4.69, 9.17) is 4.74 Å². The van der Waals surface area contributed by atoms with Gasteiger partial charge in [-0.25, -0.2) is 9.59 Å². The Labute approximate surface area is 145 Å². The number of rotatable bonds is 7. The molecule has 0 saturated carbocycles. The van der Waals surface area contributed by atoms with E-state index in [0.29, 0.717) is 29.7 Å². The molecule has 0 aromatic carbocycles. The monoisotopic (exact) mass is 476 g/mol. The van der Waals surface area contributed by atoms with Crippen LogP contribution in [-0.2, 0) is 19.1 Å². The first-order valence-electron chi connectivity index (χ1n) is 5.67. The molecule has 1 atom stereocenters. The third-order valence-electron chi connectivity index (χ3n) is 1.57. The fourth-order valence-corrected chi connectivity index (χ4v) is 1.07. The van der Waals surface area contributed by atoms with E-state index in [0.717, 1.165) is 5.33 Å². The van der Waals surface area contributed by atoms with Gasteiger partial charge in [-0.2, -0.15) is 0 Å². The summed E-state index contributed by atoms with van der Waals surface area (Å²) in [6, 6.07) is 0. The van der Waals surface area contributed by atoms with E-state index in [-0.39, 0.29) is 16.8 Å². The van der Waals surface area contributed by atoms with E-state index in [1.807, 2.05) is 0 Å². The number of hydrogen-bond acceptors (Lipinski definition) is 4. The van der Waals surface area contributed by atoms with E-state index in [2.05, 4.69) is 65.7 Å². The van der Waals surface area contributed by atoms with Gasteiger partial charge in [-0.05, 0) is 13.8 Å². The number of alkyl halides is 3. The molecule has 7 heteroatoms. The molecular weight excluding hydrogens is 460 g/mol. The molecule has 0 spiro atoms. The maximum Gasteiger partial charge on any atom is 0.333 e. The van der Waals surface area contributed by atoms with Gasteiger partial charge >= 0.3 is 11.9 Å². The Morgan fingerprint density at radius 2 is 1.50 bits per heavy atom. The van der Waals surface area contributed by atoms with Crippen molar-refractivity contribution in [1.29, 1.82) is 0 Å². The Balaban J connectivity index is 0. The summed E-state index contributed by atoms with van der Waals surface area (Å²) < 4.78 is 9.51. The van der Waals surface area contributed by atoms with Crippen molar-refractivity contribution in [2.75, 3.05) is 23.9 Å². The number of ether oxygens (including phenoxy) is 2. The molecule has 0 amide bonds. The summed E-state index contributed by atoms with van der Waals surface area (Å²) in [7, 11) is 0. The van der Waals surface area contributed by atoms with Crippen molar-refractivity contribution in [2.45, 2.75) is 18.7 Å². The first kappa shape index (κ1) is 22.1. The van der Waals surface area contributed by atoms with E-state index >= 15 is 0 Å². The Morgan fingerprint density at radius 1 is 1.05 bits per heavy atom. The number of esters is 2. The highest BCUT2D eigenvalue weighted by Crippen LogP contribution is 2.04. The van der Waals surface area contributed by atoms with Gasteiger partial charge < -0.3 is 9.47 Å². The Hall–Kier alpha value is -0.140. The van der Waals surface area contributed by atoms with Crippen molar-refractivity contribution >= 4 is 59.7 Å². The van der Waals surface area contributed by atoms with Crippen molar-refractivity contribution in [3.63, 3.8) is 0 Å². The second kappa shape index (κ2) is 13.8. The maximum atomic E-state index is 10.8. The summed E-state index contributed by atoms with van der Waals surface area (Å²) in [6.07, 6.45) is 0. The van der Waals surface area contributed by atoms with Crippen LogP contribution in [0, 0.1) is 0 Å². The van der Waals surface area contributed by atoms with Crippen molar-refractivity contribution in [3.05, 3.63) is 24.3 Å². The highest BCUT2D eigenvalue weighted by molar-refractivity contribution is 9.12. The van der Waals surface area contributed by atoms with Gasteiger partial charge in [0.15, 0.2) is 0 Å².